The summed E-state index contributed by atoms with van der Waals surface area (Å²) in [4.78, 5) is 6.56. The van der Waals surface area contributed by atoms with Gasteiger partial charge in [0.05, 0.1) is 24.2 Å². The summed E-state index contributed by atoms with van der Waals surface area (Å²) >= 11 is 0. The van der Waals surface area contributed by atoms with Gasteiger partial charge in [0.25, 0.3) is 0 Å². The second kappa shape index (κ2) is 4.80. The number of nitrogens with two attached hydrogens (primary N) is 1. The Morgan fingerprint density at radius 3 is 2.75 bits per heavy atom. The van der Waals surface area contributed by atoms with Crippen LogP contribution in [0, 0.1) is 0 Å². The van der Waals surface area contributed by atoms with Crippen LogP contribution < -0.4 is 10.6 Å². The lowest BCUT2D eigenvalue weighted by Gasteiger charge is -2.23. The monoisotopic (exact) mass is 221 g/mol. The van der Waals surface area contributed by atoms with E-state index >= 15 is 0 Å². The minimum Gasteiger partial charge on any atom is -0.395 e. The standard InChI is InChI=1S/C12H19N3O/c1-9(13)12-5-4-11(8-14-12)15(6-7-16)10-2-3-10/h4-5,8-10,16H,2-3,6-7,13H2,1H3/t9-/m0/s1. The van der Waals surface area contributed by atoms with Crippen molar-refractivity contribution in [3.63, 3.8) is 0 Å². The number of nitrogens with zero attached hydrogens (tertiary/aromatic N) is 2. The van der Waals surface area contributed by atoms with Crippen molar-refractivity contribution in [2.75, 3.05) is 18.1 Å². The molecule has 1 atom stereocenters. The molecule has 1 fully saturated rings. The molecule has 1 aromatic rings. The predicted octanol–water partition coefficient (Wildman–Crippen LogP) is 1.06. The van der Waals surface area contributed by atoms with Gasteiger partial charge in [0.2, 0.25) is 0 Å². The molecule has 2 rings (SSSR count). The Morgan fingerprint density at radius 1 is 1.56 bits per heavy atom. The molecule has 1 aromatic heterocycles. The van der Waals surface area contributed by atoms with Crippen LogP contribution in [0.15, 0.2) is 18.3 Å². The molecule has 16 heavy (non-hydrogen) atoms. The quantitative estimate of drug-likeness (QED) is 0.780. The highest BCUT2D eigenvalue weighted by atomic mass is 16.3. The second-order valence-electron chi connectivity index (χ2n) is 4.38. The minimum atomic E-state index is -0.0266. The van der Waals surface area contributed by atoms with Gasteiger partial charge in [-0.05, 0) is 31.9 Å². The maximum atomic E-state index is 9.04. The van der Waals surface area contributed by atoms with Gasteiger partial charge in [-0.3, -0.25) is 4.98 Å². The minimum absolute atomic E-state index is 0.0266. The summed E-state index contributed by atoms with van der Waals surface area (Å²) < 4.78 is 0. The summed E-state index contributed by atoms with van der Waals surface area (Å²) in [5, 5.41) is 9.04. The van der Waals surface area contributed by atoms with Crippen LogP contribution >= 0.6 is 0 Å². The Morgan fingerprint density at radius 2 is 2.31 bits per heavy atom. The predicted molar refractivity (Wildman–Crippen MR) is 64.3 cm³/mol. The Hall–Kier alpha value is -1.13. The lowest BCUT2D eigenvalue weighted by molar-refractivity contribution is 0.301. The van der Waals surface area contributed by atoms with E-state index in [1.54, 1.807) is 0 Å². The number of aliphatic hydroxyl groups is 1. The molecule has 0 spiro atoms. The van der Waals surface area contributed by atoms with E-state index in [9.17, 15) is 0 Å². The van der Waals surface area contributed by atoms with Crippen molar-refractivity contribution in [2.24, 2.45) is 5.73 Å². The van der Waals surface area contributed by atoms with Crippen LogP contribution in [0.2, 0.25) is 0 Å². The summed E-state index contributed by atoms with van der Waals surface area (Å²) in [5.41, 5.74) is 7.74. The van der Waals surface area contributed by atoms with Gasteiger partial charge >= 0.3 is 0 Å². The van der Waals surface area contributed by atoms with Crippen LogP contribution in [0.5, 0.6) is 0 Å². The van der Waals surface area contributed by atoms with Gasteiger partial charge in [-0.2, -0.15) is 0 Å². The SMILES string of the molecule is C[C@H](N)c1ccc(N(CCO)C2CC2)cn1. The molecule has 4 nitrogen and oxygen atoms in total. The zero-order chi connectivity index (χ0) is 11.5. The average Bonchev–Trinajstić information content (AvgIpc) is 3.10. The fourth-order valence-electron chi connectivity index (χ4n) is 1.85. The first-order valence-electron chi connectivity index (χ1n) is 5.81. The van der Waals surface area contributed by atoms with Crippen molar-refractivity contribution in [3.8, 4) is 0 Å². The van der Waals surface area contributed by atoms with Crippen molar-refractivity contribution in [1.82, 2.24) is 4.98 Å². The van der Waals surface area contributed by atoms with E-state index in [1.807, 2.05) is 25.3 Å². The summed E-state index contributed by atoms with van der Waals surface area (Å²) in [7, 11) is 0. The van der Waals surface area contributed by atoms with Crippen molar-refractivity contribution in [2.45, 2.75) is 31.8 Å². The van der Waals surface area contributed by atoms with Crippen molar-refractivity contribution in [1.29, 1.82) is 0 Å². The lowest BCUT2D eigenvalue weighted by atomic mass is 10.2. The zero-order valence-electron chi connectivity index (χ0n) is 9.63. The van der Waals surface area contributed by atoms with E-state index in [-0.39, 0.29) is 12.6 Å². The third kappa shape index (κ3) is 2.51. The van der Waals surface area contributed by atoms with E-state index in [0.29, 0.717) is 12.6 Å². The largest absolute Gasteiger partial charge is 0.395 e. The summed E-state index contributed by atoms with van der Waals surface area (Å²) in [6, 6.07) is 4.57. The van der Waals surface area contributed by atoms with Gasteiger partial charge in [-0.15, -0.1) is 0 Å². The molecule has 0 amide bonds. The summed E-state index contributed by atoms with van der Waals surface area (Å²) in [6.45, 7) is 2.80. The van der Waals surface area contributed by atoms with E-state index in [0.717, 1.165) is 11.4 Å². The van der Waals surface area contributed by atoms with Gasteiger partial charge in [0, 0.05) is 18.6 Å². The molecular formula is C12H19N3O. The van der Waals surface area contributed by atoms with E-state index in [4.69, 9.17) is 10.8 Å². The molecule has 4 heteroatoms. The molecular weight excluding hydrogens is 202 g/mol. The number of pyridine rings is 1. The molecule has 1 aliphatic rings. The highest BCUT2D eigenvalue weighted by Crippen LogP contribution is 2.31. The molecule has 0 saturated heterocycles. The molecule has 0 bridgehead atoms. The Kier molecular flexibility index (Phi) is 3.41. The van der Waals surface area contributed by atoms with Crippen LogP contribution in [-0.4, -0.2) is 29.3 Å². The topological polar surface area (TPSA) is 62.4 Å². The number of rotatable bonds is 5. The number of anilines is 1. The van der Waals surface area contributed by atoms with Crippen molar-refractivity contribution in [3.05, 3.63) is 24.0 Å². The normalized spacial score (nSPS) is 17.2. The zero-order valence-corrected chi connectivity index (χ0v) is 9.63. The molecule has 88 valence electrons. The Labute approximate surface area is 96.1 Å². The van der Waals surface area contributed by atoms with Gasteiger partial charge in [-0.1, -0.05) is 0 Å². The molecule has 3 N–H and O–H groups in total. The van der Waals surface area contributed by atoms with Gasteiger partial charge < -0.3 is 15.7 Å². The van der Waals surface area contributed by atoms with Crippen LogP contribution in [0.3, 0.4) is 0 Å². The summed E-state index contributed by atoms with van der Waals surface area (Å²) in [5.74, 6) is 0. The molecule has 0 unspecified atom stereocenters. The first kappa shape index (κ1) is 11.4. The van der Waals surface area contributed by atoms with Crippen LogP contribution in [0.1, 0.15) is 31.5 Å². The summed E-state index contributed by atoms with van der Waals surface area (Å²) in [6.07, 6.45) is 4.29. The number of hydrogen-bond acceptors (Lipinski definition) is 4. The highest BCUT2D eigenvalue weighted by Gasteiger charge is 2.28. The van der Waals surface area contributed by atoms with E-state index < -0.39 is 0 Å². The molecule has 1 aliphatic carbocycles. The van der Waals surface area contributed by atoms with Crippen molar-refractivity contribution < 1.29 is 5.11 Å². The lowest BCUT2D eigenvalue weighted by Crippen LogP contribution is -2.29. The van der Waals surface area contributed by atoms with Crippen LogP contribution in [0.25, 0.3) is 0 Å². The van der Waals surface area contributed by atoms with Crippen LogP contribution in [0.4, 0.5) is 5.69 Å². The second-order valence-corrected chi connectivity index (χ2v) is 4.38. The Balaban J connectivity index is 2.11. The molecule has 1 heterocycles. The van der Waals surface area contributed by atoms with E-state index in [1.165, 1.54) is 12.8 Å². The smallest absolute Gasteiger partial charge is 0.0606 e. The first-order valence-corrected chi connectivity index (χ1v) is 5.81. The molecule has 0 radical (unpaired) electrons. The fraction of sp³-hybridized carbons (Fsp3) is 0.583. The number of hydrogen-bond donors (Lipinski definition) is 2. The molecule has 0 aliphatic heterocycles. The average molecular weight is 221 g/mol. The Bertz CT molecular complexity index is 333. The number of aromatic nitrogens is 1. The maximum Gasteiger partial charge on any atom is 0.0606 e. The maximum absolute atomic E-state index is 9.04. The first-order chi connectivity index (χ1) is 7.72. The number of aliphatic hydroxyl groups excluding tert-OH is 1. The van der Waals surface area contributed by atoms with E-state index in [2.05, 4.69) is 9.88 Å². The molecule has 0 aromatic carbocycles. The highest BCUT2D eigenvalue weighted by molar-refractivity contribution is 5.47. The van der Waals surface area contributed by atoms with Crippen LogP contribution in [-0.2, 0) is 0 Å². The fourth-order valence-corrected chi connectivity index (χ4v) is 1.85. The van der Waals surface area contributed by atoms with Gasteiger partial charge in [-0.25, -0.2) is 0 Å². The van der Waals surface area contributed by atoms with Crippen molar-refractivity contribution >= 4 is 5.69 Å². The van der Waals surface area contributed by atoms with Gasteiger partial charge in [0.1, 0.15) is 0 Å². The third-order valence-corrected chi connectivity index (χ3v) is 2.90. The molecule has 1 saturated carbocycles. The third-order valence-electron chi connectivity index (χ3n) is 2.90. The van der Waals surface area contributed by atoms with Gasteiger partial charge in [0.15, 0.2) is 0 Å².